The molecule has 1 fully saturated rings. The van der Waals surface area contributed by atoms with Crippen molar-refractivity contribution in [2.45, 2.75) is 19.0 Å². The van der Waals surface area contributed by atoms with Gasteiger partial charge in [0.05, 0.1) is 17.4 Å². The number of carbonyl (C=O) groups excluding carboxylic acids is 1. The Balaban J connectivity index is 1.87. The zero-order valence-electron chi connectivity index (χ0n) is 11.0. The average molecular weight is 301 g/mol. The lowest BCUT2D eigenvalue weighted by Gasteiger charge is -2.12. The fraction of sp³-hybridized carbons (Fsp3) is 0.429. The van der Waals surface area contributed by atoms with Crippen LogP contribution in [-0.4, -0.2) is 23.5 Å². The topological polar surface area (TPSA) is 66.4 Å². The van der Waals surface area contributed by atoms with E-state index in [0.717, 1.165) is 6.07 Å². The van der Waals surface area contributed by atoms with Crippen molar-refractivity contribution in [1.82, 2.24) is 5.32 Å². The second-order valence-electron chi connectivity index (χ2n) is 4.98. The molecule has 1 aromatic carbocycles. The molecule has 1 saturated carbocycles. The van der Waals surface area contributed by atoms with E-state index in [-0.39, 0.29) is 18.5 Å². The molecule has 0 aromatic heterocycles. The first-order valence-corrected chi connectivity index (χ1v) is 6.46. The maximum atomic E-state index is 12.8. The molecule has 0 heterocycles. The van der Waals surface area contributed by atoms with Gasteiger partial charge in [0.25, 0.3) is 0 Å². The van der Waals surface area contributed by atoms with Crippen LogP contribution in [0.1, 0.15) is 17.5 Å². The summed E-state index contributed by atoms with van der Waals surface area (Å²) in [5, 5.41) is 11.2. The van der Waals surface area contributed by atoms with Gasteiger partial charge in [0.2, 0.25) is 5.91 Å². The first kappa shape index (κ1) is 15.3. The molecule has 2 atom stereocenters. The van der Waals surface area contributed by atoms with Gasteiger partial charge >= 0.3 is 12.1 Å². The van der Waals surface area contributed by atoms with Gasteiger partial charge in [0.1, 0.15) is 0 Å². The predicted octanol–water partition coefficient (Wildman–Crippen LogP) is 2.08. The molecule has 0 bridgehead atoms. The molecular weight excluding hydrogens is 287 g/mol. The molecule has 0 spiro atoms. The number of carboxylic acid groups (broad SMARTS) is 1. The molecule has 1 amide bonds. The first-order valence-electron chi connectivity index (χ1n) is 6.46. The Hall–Kier alpha value is -2.05. The second kappa shape index (κ2) is 5.75. The smallest absolute Gasteiger partial charge is 0.416 e. The van der Waals surface area contributed by atoms with E-state index in [1.165, 1.54) is 18.2 Å². The zero-order chi connectivity index (χ0) is 15.6. The highest BCUT2D eigenvalue weighted by Crippen LogP contribution is 2.38. The fourth-order valence-corrected chi connectivity index (χ4v) is 2.22. The molecule has 2 N–H and O–H groups in total. The Morgan fingerprint density at radius 3 is 2.48 bits per heavy atom. The van der Waals surface area contributed by atoms with Crippen molar-refractivity contribution < 1.29 is 27.9 Å². The summed E-state index contributed by atoms with van der Waals surface area (Å²) in [6.07, 6.45) is -4.09. The Morgan fingerprint density at radius 2 is 1.90 bits per heavy atom. The molecule has 1 aliphatic carbocycles. The molecule has 21 heavy (non-hydrogen) atoms. The number of rotatable bonds is 5. The van der Waals surface area contributed by atoms with Crippen LogP contribution in [0.25, 0.3) is 0 Å². The van der Waals surface area contributed by atoms with E-state index in [1.54, 1.807) is 0 Å². The van der Waals surface area contributed by atoms with Gasteiger partial charge in [-0.25, -0.2) is 0 Å². The van der Waals surface area contributed by atoms with E-state index < -0.39 is 35.5 Å². The van der Waals surface area contributed by atoms with Crippen LogP contribution in [0.3, 0.4) is 0 Å². The molecular formula is C14H14F3NO3. The van der Waals surface area contributed by atoms with Crippen LogP contribution in [0, 0.1) is 11.8 Å². The zero-order valence-corrected chi connectivity index (χ0v) is 11.0. The fourth-order valence-electron chi connectivity index (χ4n) is 2.22. The Morgan fingerprint density at radius 1 is 1.24 bits per heavy atom. The quantitative estimate of drug-likeness (QED) is 0.875. The molecule has 0 radical (unpaired) electrons. The maximum absolute atomic E-state index is 12.8. The summed E-state index contributed by atoms with van der Waals surface area (Å²) < 4.78 is 38.3. The van der Waals surface area contributed by atoms with E-state index in [2.05, 4.69) is 5.32 Å². The average Bonchev–Trinajstić information content (AvgIpc) is 3.18. The number of carboxylic acids is 1. The SMILES string of the molecule is O=C(O)C1CC1C(=O)NCCc1ccccc1C(F)(F)F. The van der Waals surface area contributed by atoms with E-state index in [0.29, 0.717) is 6.42 Å². The van der Waals surface area contributed by atoms with Gasteiger partial charge in [-0.05, 0) is 24.5 Å². The number of carbonyl (C=O) groups is 2. The first-order chi connectivity index (χ1) is 9.80. The van der Waals surface area contributed by atoms with Gasteiger partial charge < -0.3 is 10.4 Å². The second-order valence-corrected chi connectivity index (χ2v) is 4.98. The highest BCUT2D eigenvalue weighted by atomic mass is 19.4. The van der Waals surface area contributed by atoms with Crippen molar-refractivity contribution in [3.05, 3.63) is 35.4 Å². The lowest BCUT2D eigenvalue weighted by atomic mass is 10.0. The molecule has 1 aliphatic rings. The van der Waals surface area contributed by atoms with Gasteiger partial charge in [0.15, 0.2) is 0 Å². The number of aliphatic carboxylic acids is 1. The summed E-state index contributed by atoms with van der Waals surface area (Å²) in [5.41, 5.74) is -0.607. The number of hydrogen-bond donors (Lipinski definition) is 2. The molecule has 1 aromatic rings. The van der Waals surface area contributed by atoms with Crippen molar-refractivity contribution in [3.8, 4) is 0 Å². The van der Waals surface area contributed by atoms with Crippen molar-refractivity contribution in [2.24, 2.45) is 11.8 Å². The molecule has 2 rings (SSSR count). The van der Waals surface area contributed by atoms with Crippen molar-refractivity contribution in [1.29, 1.82) is 0 Å². The van der Waals surface area contributed by atoms with Crippen LogP contribution < -0.4 is 5.32 Å². The van der Waals surface area contributed by atoms with E-state index in [1.807, 2.05) is 0 Å². The van der Waals surface area contributed by atoms with Crippen LogP contribution >= 0.6 is 0 Å². The van der Waals surface area contributed by atoms with Gasteiger partial charge in [-0.1, -0.05) is 18.2 Å². The molecule has 0 saturated heterocycles. The van der Waals surface area contributed by atoms with Crippen LogP contribution in [0.2, 0.25) is 0 Å². The minimum atomic E-state index is -4.43. The summed E-state index contributed by atoms with van der Waals surface area (Å²) in [7, 11) is 0. The number of hydrogen-bond acceptors (Lipinski definition) is 2. The number of alkyl halides is 3. The minimum Gasteiger partial charge on any atom is -0.481 e. The summed E-state index contributed by atoms with van der Waals surface area (Å²) in [6.45, 7) is 0.0504. The third-order valence-electron chi connectivity index (χ3n) is 3.46. The molecule has 114 valence electrons. The lowest BCUT2D eigenvalue weighted by Crippen LogP contribution is -2.28. The number of halogens is 3. The minimum absolute atomic E-state index is 0.0475. The number of amides is 1. The van der Waals surface area contributed by atoms with Crippen LogP contribution in [0.15, 0.2) is 24.3 Å². The molecule has 4 nitrogen and oxygen atoms in total. The van der Waals surface area contributed by atoms with E-state index in [4.69, 9.17) is 5.11 Å². The van der Waals surface area contributed by atoms with Crippen molar-refractivity contribution >= 4 is 11.9 Å². The van der Waals surface area contributed by atoms with Crippen LogP contribution in [0.4, 0.5) is 13.2 Å². The normalized spacial score (nSPS) is 20.9. The predicted molar refractivity (Wildman–Crippen MR) is 67.4 cm³/mol. The highest BCUT2D eigenvalue weighted by molar-refractivity contribution is 5.89. The van der Waals surface area contributed by atoms with Gasteiger partial charge in [-0.15, -0.1) is 0 Å². The lowest BCUT2D eigenvalue weighted by molar-refractivity contribution is -0.140. The monoisotopic (exact) mass is 301 g/mol. The third-order valence-corrected chi connectivity index (χ3v) is 3.46. The summed E-state index contributed by atoms with van der Waals surface area (Å²) >= 11 is 0. The Kier molecular flexibility index (Phi) is 4.20. The van der Waals surface area contributed by atoms with Crippen molar-refractivity contribution in [3.63, 3.8) is 0 Å². The Bertz CT molecular complexity index is 557. The van der Waals surface area contributed by atoms with E-state index in [9.17, 15) is 22.8 Å². The summed E-state index contributed by atoms with van der Waals surface area (Å²) in [6, 6.07) is 5.19. The summed E-state index contributed by atoms with van der Waals surface area (Å²) in [5.74, 6) is -2.64. The summed E-state index contributed by atoms with van der Waals surface area (Å²) in [4.78, 5) is 22.2. The maximum Gasteiger partial charge on any atom is 0.416 e. The van der Waals surface area contributed by atoms with Gasteiger partial charge in [0, 0.05) is 6.54 Å². The van der Waals surface area contributed by atoms with Crippen molar-refractivity contribution in [2.75, 3.05) is 6.54 Å². The molecule has 0 aliphatic heterocycles. The third kappa shape index (κ3) is 3.74. The Labute approximate surface area is 119 Å². The standard InChI is InChI=1S/C14H14F3NO3/c15-14(16,17)11-4-2-1-3-8(11)5-6-18-12(19)9-7-10(9)13(20)21/h1-4,9-10H,5-7H2,(H,18,19)(H,20,21). The number of benzene rings is 1. The highest BCUT2D eigenvalue weighted by Gasteiger charge is 2.48. The number of nitrogens with one attached hydrogen (secondary N) is 1. The largest absolute Gasteiger partial charge is 0.481 e. The molecule has 2 unspecified atom stereocenters. The van der Waals surface area contributed by atoms with Gasteiger partial charge in [-0.2, -0.15) is 13.2 Å². The van der Waals surface area contributed by atoms with Crippen LogP contribution in [0.5, 0.6) is 0 Å². The molecule has 7 heteroatoms. The van der Waals surface area contributed by atoms with Gasteiger partial charge in [-0.3, -0.25) is 9.59 Å². The van der Waals surface area contributed by atoms with Crippen LogP contribution in [-0.2, 0) is 22.2 Å². The van der Waals surface area contributed by atoms with E-state index >= 15 is 0 Å².